The Kier molecular flexibility index (Phi) is 5.32. The molecule has 0 aliphatic carbocycles. The molecule has 1 heterocycles. The van der Waals surface area contributed by atoms with Crippen LogP contribution in [0.4, 0.5) is 0 Å². The van der Waals surface area contributed by atoms with Gasteiger partial charge in [0.15, 0.2) is 0 Å². The number of nitrogens with zero attached hydrogens (tertiary/aromatic N) is 1. The summed E-state index contributed by atoms with van der Waals surface area (Å²) >= 11 is 0. The maximum atomic E-state index is 11.1. The average molecular weight is 264 g/mol. The Labute approximate surface area is 113 Å². The summed E-state index contributed by atoms with van der Waals surface area (Å²) < 4.78 is 5.29. The summed E-state index contributed by atoms with van der Waals surface area (Å²) in [6, 6.07) is 7.11. The van der Waals surface area contributed by atoms with E-state index in [2.05, 4.69) is 10.2 Å². The van der Waals surface area contributed by atoms with Gasteiger partial charge in [-0.05, 0) is 11.6 Å². The zero-order valence-corrected chi connectivity index (χ0v) is 11.0. The molecule has 0 unspecified atom stereocenters. The predicted molar refractivity (Wildman–Crippen MR) is 72.4 cm³/mol. The van der Waals surface area contributed by atoms with Crippen molar-refractivity contribution < 1.29 is 14.6 Å². The van der Waals surface area contributed by atoms with Gasteiger partial charge < -0.3 is 15.2 Å². The van der Waals surface area contributed by atoms with E-state index in [1.54, 1.807) is 12.1 Å². The van der Waals surface area contributed by atoms with Crippen LogP contribution in [0.25, 0.3) is 0 Å². The molecule has 1 aromatic rings. The summed E-state index contributed by atoms with van der Waals surface area (Å²) in [6.07, 6.45) is 0. The average Bonchev–Trinajstić information content (AvgIpc) is 2.45. The van der Waals surface area contributed by atoms with E-state index in [1.807, 2.05) is 12.1 Å². The topological polar surface area (TPSA) is 61.8 Å². The number of nitrogens with one attached hydrogen (secondary N) is 1. The molecule has 1 aromatic carbocycles. The van der Waals surface area contributed by atoms with Crippen LogP contribution in [-0.4, -0.2) is 55.4 Å². The Morgan fingerprint density at radius 3 is 2.79 bits per heavy atom. The van der Waals surface area contributed by atoms with E-state index in [0.717, 1.165) is 45.0 Å². The number of carboxylic acids is 1. The van der Waals surface area contributed by atoms with Crippen molar-refractivity contribution in [2.24, 2.45) is 0 Å². The number of carboxylic acid groups (broad SMARTS) is 1. The number of hydrogen-bond acceptors (Lipinski definition) is 4. The summed E-state index contributed by atoms with van der Waals surface area (Å²) in [5, 5.41) is 12.4. The van der Waals surface area contributed by atoms with Gasteiger partial charge in [0.25, 0.3) is 0 Å². The molecule has 5 nitrogen and oxygen atoms in total. The van der Waals surface area contributed by atoms with E-state index in [1.165, 1.54) is 0 Å². The first-order valence-corrected chi connectivity index (χ1v) is 6.59. The number of benzene rings is 1. The van der Waals surface area contributed by atoms with Crippen LogP contribution in [-0.2, 0) is 11.3 Å². The van der Waals surface area contributed by atoms with Crippen molar-refractivity contribution in [2.75, 3.05) is 39.4 Å². The second kappa shape index (κ2) is 7.23. The lowest BCUT2D eigenvalue weighted by Gasteiger charge is -2.26. The Balaban J connectivity index is 1.74. The molecule has 0 amide bonds. The predicted octanol–water partition coefficient (Wildman–Crippen LogP) is 0.807. The molecular weight excluding hydrogens is 244 g/mol. The maximum absolute atomic E-state index is 11.1. The van der Waals surface area contributed by atoms with Crippen molar-refractivity contribution in [1.29, 1.82) is 0 Å². The van der Waals surface area contributed by atoms with E-state index in [-0.39, 0.29) is 0 Å². The van der Waals surface area contributed by atoms with Gasteiger partial charge in [0.1, 0.15) is 0 Å². The van der Waals surface area contributed by atoms with Gasteiger partial charge in [-0.2, -0.15) is 0 Å². The van der Waals surface area contributed by atoms with Crippen molar-refractivity contribution in [1.82, 2.24) is 10.2 Å². The molecule has 2 rings (SSSR count). The minimum absolute atomic E-state index is 0.376. The van der Waals surface area contributed by atoms with Gasteiger partial charge >= 0.3 is 5.97 Å². The summed E-state index contributed by atoms with van der Waals surface area (Å²) in [5.74, 6) is -0.870. The molecule has 104 valence electrons. The molecule has 1 saturated heterocycles. The van der Waals surface area contributed by atoms with Gasteiger partial charge in [-0.1, -0.05) is 18.2 Å². The van der Waals surface area contributed by atoms with E-state index >= 15 is 0 Å². The molecule has 0 saturated carbocycles. The number of aromatic carboxylic acids is 1. The van der Waals surface area contributed by atoms with E-state index in [4.69, 9.17) is 9.84 Å². The summed E-state index contributed by atoms with van der Waals surface area (Å²) in [5.41, 5.74) is 1.21. The molecule has 0 spiro atoms. The van der Waals surface area contributed by atoms with Crippen molar-refractivity contribution in [3.8, 4) is 0 Å². The van der Waals surface area contributed by atoms with Crippen LogP contribution in [0.1, 0.15) is 15.9 Å². The highest BCUT2D eigenvalue weighted by molar-refractivity contribution is 5.89. The fourth-order valence-electron chi connectivity index (χ4n) is 2.17. The third kappa shape index (κ3) is 4.31. The third-order valence-corrected chi connectivity index (χ3v) is 3.27. The van der Waals surface area contributed by atoms with Crippen LogP contribution in [0.2, 0.25) is 0 Å². The quantitative estimate of drug-likeness (QED) is 0.744. The van der Waals surface area contributed by atoms with Crippen molar-refractivity contribution >= 4 is 5.97 Å². The number of carbonyl (C=O) groups is 1. The summed E-state index contributed by atoms with van der Waals surface area (Å²) in [4.78, 5) is 13.4. The SMILES string of the molecule is O=C(O)c1ccccc1CNCCN1CCOCC1. The zero-order valence-electron chi connectivity index (χ0n) is 11.0. The number of rotatable bonds is 6. The molecule has 1 fully saturated rings. The van der Waals surface area contributed by atoms with Gasteiger partial charge in [0, 0.05) is 32.7 Å². The molecule has 0 aromatic heterocycles. The van der Waals surface area contributed by atoms with Crippen LogP contribution in [0.5, 0.6) is 0 Å². The lowest BCUT2D eigenvalue weighted by molar-refractivity contribution is 0.0384. The fraction of sp³-hybridized carbons (Fsp3) is 0.500. The van der Waals surface area contributed by atoms with Gasteiger partial charge in [0.05, 0.1) is 18.8 Å². The lowest BCUT2D eigenvalue weighted by atomic mass is 10.1. The highest BCUT2D eigenvalue weighted by Gasteiger charge is 2.10. The van der Waals surface area contributed by atoms with Gasteiger partial charge in [-0.3, -0.25) is 4.90 Å². The van der Waals surface area contributed by atoms with Crippen LogP contribution >= 0.6 is 0 Å². The van der Waals surface area contributed by atoms with E-state index < -0.39 is 5.97 Å². The second-order valence-corrected chi connectivity index (χ2v) is 4.59. The molecule has 1 aliphatic rings. The molecule has 0 radical (unpaired) electrons. The zero-order chi connectivity index (χ0) is 13.5. The first-order valence-electron chi connectivity index (χ1n) is 6.59. The Morgan fingerprint density at radius 2 is 2.05 bits per heavy atom. The van der Waals surface area contributed by atoms with Gasteiger partial charge in [-0.15, -0.1) is 0 Å². The Hall–Kier alpha value is -1.43. The monoisotopic (exact) mass is 264 g/mol. The lowest BCUT2D eigenvalue weighted by Crippen LogP contribution is -2.40. The largest absolute Gasteiger partial charge is 0.478 e. The summed E-state index contributed by atoms with van der Waals surface area (Å²) in [7, 11) is 0. The minimum Gasteiger partial charge on any atom is -0.478 e. The van der Waals surface area contributed by atoms with Crippen molar-refractivity contribution in [3.05, 3.63) is 35.4 Å². The molecule has 19 heavy (non-hydrogen) atoms. The standard InChI is InChI=1S/C14H20N2O3/c17-14(18)13-4-2-1-3-12(13)11-15-5-6-16-7-9-19-10-8-16/h1-4,15H,5-11H2,(H,17,18). The highest BCUT2D eigenvalue weighted by atomic mass is 16.5. The van der Waals surface area contributed by atoms with Gasteiger partial charge in [-0.25, -0.2) is 4.79 Å². The maximum Gasteiger partial charge on any atom is 0.336 e. The van der Waals surface area contributed by atoms with E-state index in [9.17, 15) is 4.79 Å². The third-order valence-electron chi connectivity index (χ3n) is 3.27. The number of hydrogen-bond donors (Lipinski definition) is 2. The second-order valence-electron chi connectivity index (χ2n) is 4.59. The van der Waals surface area contributed by atoms with Gasteiger partial charge in [0.2, 0.25) is 0 Å². The first-order chi connectivity index (χ1) is 9.27. The minimum atomic E-state index is -0.870. The molecular formula is C14H20N2O3. The summed E-state index contributed by atoms with van der Waals surface area (Å²) in [6.45, 7) is 5.99. The van der Waals surface area contributed by atoms with Crippen LogP contribution in [0.15, 0.2) is 24.3 Å². The van der Waals surface area contributed by atoms with E-state index in [0.29, 0.717) is 12.1 Å². The normalized spacial score (nSPS) is 16.4. The molecule has 0 atom stereocenters. The van der Waals surface area contributed by atoms with Crippen LogP contribution in [0, 0.1) is 0 Å². The molecule has 5 heteroatoms. The van der Waals surface area contributed by atoms with Crippen LogP contribution < -0.4 is 5.32 Å². The fourth-order valence-corrected chi connectivity index (χ4v) is 2.17. The first kappa shape index (κ1) is 14.0. The highest BCUT2D eigenvalue weighted by Crippen LogP contribution is 2.08. The van der Waals surface area contributed by atoms with Crippen LogP contribution in [0.3, 0.4) is 0 Å². The molecule has 0 bridgehead atoms. The molecule has 2 N–H and O–H groups in total. The number of morpholine rings is 1. The molecule has 1 aliphatic heterocycles. The van der Waals surface area contributed by atoms with Crippen molar-refractivity contribution in [2.45, 2.75) is 6.54 Å². The smallest absolute Gasteiger partial charge is 0.336 e. The van der Waals surface area contributed by atoms with Crippen molar-refractivity contribution in [3.63, 3.8) is 0 Å². The Bertz CT molecular complexity index is 417. The Morgan fingerprint density at radius 1 is 1.32 bits per heavy atom. The number of ether oxygens (including phenoxy) is 1.